The molecule has 12 heteroatoms. The second kappa shape index (κ2) is 7.55. The number of sulfone groups is 1. The van der Waals surface area contributed by atoms with E-state index < -0.39 is 15.9 Å². The van der Waals surface area contributed by atoms with Gasteiger partial charge in [-0.2, -0.15) is 9.61 Å². The monoisotopic (exact) mass is 454 g/mol. The molecule has 1 aliphatic heterocycles. The van der Waals surface area contributed by atoms with E-state index in [0.717, 1.165) is 19.1 Å². The van der Waals surface area contributed by atoms with Crippen LogP contribution in [0.3, 0.4) is 0 Å². The Labute approximate surface area is 183 Å². The van der Waals surface area contributed by atoms with Crippen molar-refractivity contribution in [3.8, 4) is 11.4 Å². The second-order valence-corrected chi connectivity index (χ2v) is 9.90. The van der Waals surface area contributed by atoms with E-state index in [2.05, 4.69) is 30.8 Å². The fourth-order valence-electron chi connectivity index (χ4n) is 3.89. The summed E-state index contributed by atoms with van der Waals surface area (Å²) in [5, 5.41) is 15.4. The van der Waals surface area contributed by atoms with Crippen molar-refractivity contribution in [3.63, 3.8) is 0 Å². The zero-order valence-electron chi connectivity index (χ0n) is 17.6. The highest BCUT2D eigenvalue weighted by Crippen LogP contribution is 2.28. The molecule has 1 aliphatic rings. The van der Waals surface area contributed by atoms with E-state index in [1.54, 1.807) is 36.3 Å². The number of aryl methyl sites for hydroxylation is 1. The summed E-state index contributed by atoms with van der Waals surface area (Å²) in [4.78, 5) is 21.9. The van der Waals surface area contributed by atoms with E-state index in [1.807, 2.05) is 0 Å². The number of fused-ring (bicyclic) bond motifs is 3. The molecule has 4 aromatic rings. The van der Waals surface area contributed by atoms with Crippen LogP contribution >= 0.6 is 0 Å². The predicted molar refractivity (Wildman–Crippen MR) is 118 cm³/mol. The van der Waals surface area contributed by atoms with Gasteiger partial charge in [0.15, 0.2) is 21.3 Å². The third-order valence-corrected chi connectivity index (χ3v) is 6.59. The molecule has 3 aromatic heterocycles. The number of amides is 1. The number of carbonyl (C=O) groups excluding carboxylic acids is 1. The number of rotatable bonds is 4. The van der Waals surface area contributed by atoms with E-state index >= 15 is 0 Å². The SMILES string of the molecule is Cn1cc(-c2nc3c4cccc(S(C)(=O)=O)c4nc(N[C@@H]4CCCCNC4=O)n3n2)cn1. The van der Waals surface area contributed by atoms with E-state index in [-0.39, 0.29) is 22.3 Å². The normalized spacial score (nSPS) is 17.4. The van der Waals surface area contributed by atoms with Crippen LogP contribution in [0.15, 0.2) is 35.5 Å². The van der Waals surface area contributed by atoms with E-state index in [9.17, 15) is 13.2 Å². The molecule has 0 unspecified atom stereocenters. The number of anilines is 1. The lowest BCUT2D eigenvalue weighted by molar-refractivity contribution is -0.121. The Morgan fingerprint density at radius 2 is 2.06 bits per heavy atom. The molecule has 1 amide bonds. The summed E-state index contributed by atoms with van der Waals surface area (Å²) in [6, 6.07) is 4.42. The van der Waals surface area contributed by atoms with Crippen LogP contribution in [-0.4, -0.2) is 62.5 Å². The molecule has 2 N–H and O–H groups in total. The van der Waals surface area contributed by atoms with Gasteiger partial charge in [-0.1, -0.05) is 6.07 Å². The number of benzene rings is 1. The molecule has 5 rings (SSSR count). The van der Waals surface area contributed by atoms with Crippen molar-refractivity contribution >= 4 is 38.2 Å². The molecule has 0 spiro atoms. The quantitative estimate of drug-likeness (QED) is 0.469. The van der Waals surface area contributed by atoms with Crippen molar-refractivity contribution < 1.29 is 13.2 Å². The summed E-state index contributed by atoms with van der Waals surface area (Å²) in [6.45, 7) is 0.629. The smallest absolute Gasteiger partial charge is 0.242 e. The molecule has 0 aliphatic carbocycles. The molecule has 1 saturated heterocycles. The number of nitrogens with zero attached hydrogens (tertiary/aromatic N) is 6. The minimum Gasteiger partial charge on any atom is -0.354 e. The third-order valence-electron chi connectivity index (χ3n) is 5.47. The maximum atomic E-state index is 12.5. The van der Waals surface area contributed by atoms with Gasteiger partial charge in [-0.15, -0.1) is 5.10 Å². The van der Waals surface area contributed by atoms with E-state index in [1.165, 1.54) is 10.6 Å². The number of nitrogens with one attached hydrogen (secondary N) is 2. The number of hydrogen-bond acceptors (Lipinski definition) is 8. The largest absolute Gasteiger partial charge is 0.354 e. The molecule has 1 aromatic carbocycles. The first-order chi connectivity index (χ1) is 15.3. The summed E-state index contributed by atoms with van der Waals surface area (Å²) < 4.78 is 28.0. The summed E-state index contributed by atoms with van der Waals surface area (Å²) in [6.07, 6.45) is 6.99. The van der Waals surface area contributed by atoms with Crippen LogP contribution in [0.4, 0.5) is 5.95 Å². The Morgan fingerprint density at radius 1 is 1.22 bits per heavy atom. The first kappa shape index (κ1) is 20.4. The van der Waals surface area contributed by atoms with Gasteiger partial charge >= 0.3 is 0 Å². The minimum absolute atomic E-state index is 0.0943. The van der Waals surface area contributed by atoms with Crippen LogP contribution in [0.25, 0.3) is 27.9 Å². The van der Waals surface area contributed by atoms with Crippen molar-refractivity contribution in [1.82, 2.24) is 34.7 Å². The molecule has 1 fully saturated rings. The van der Waals surface area contributed by atoms with Crippen LogP contribution < -0.4 is 10.6 Å². The summed E-state index contributed by atoms with van der Waals surface area (Å²) >= 11 is 0. The number of carbonyl (C=O) groups is 1. The Morgan fingerprint density at radius 3 is 2.81 bits per heavy atom. The van der Waals surface area contributed by atoms with Crippen LogP contribution in [0.5, 0.6) is 0 Å². The van der Waals surface area contributed by atoms with E-state index in [4.69, 9.17) is 0 Å². The average molecular weight is 455 g/mol. The van der Waals surface area contributed by atoms with Crippen molar-refractivity contribution in [1.29, 1.82) is 0 Å². The van der Waals surface area contributed by atoms with Crippen molar-refractivity contribution in [2.75, 3.05) is 18.1 Å². The van der Waals surface area contributed by atoms with Gasteiger partial charge in [-0.05, 0) is 31.4 Å². The highest BCUT2D eigenvalue weighted by Gasteiger charge is 2.25. The maximum absolute atomic E-state index is 12.5. The lowest BCUT2D eigenvalue weighted by Gasteiger charge is -2.17. The molecule has 0 radical (unpaired) electrons. The Bertz CT molecular complexity index is 1460. The van der Waals surface area contributed by atoms with Gasteiger partial charge < -0.3 is 10.6 Å². The van der Waals surface area contributed by atoms with Crippen LogP contribution in [0.1, 0.15) is 19.3 Å². The zero-order chi connectivity index (χ0) is 22.5. The van der Waals surface area contributed by atoms with Crippen LogP contribution in [0.2, 0.25) is 0 Å². The zero-order valence-corrected chi connectivity index (χ0v) is 18.4. The van der Waals surface area contributed by atoms with Gasteiger partial charge in [0.2, 0.25) is 11.9 Å². The van der Waals surface area contributed by atoms with Crippen LogP contribution in [0, 0.1) is 0 Å². The standard InChI is InChI=1S/C20H22N8O3S/c1-27-11-12(10-22-27)17-25-18-13-6-5-8-15(32(2,30)31)16(13)24-20(28(18)26-17)23-14-7-3-4-9-21-19(14)29/h5-6,8,10-11,14H,3-4,7,9H2,1-2H3,(H,21,29)(H,23,24)/t14-/m1/s1. The molecular weight excluding hydrogens is 432 g/mol. The molecule has 166 valence electrons. The second-order valence-electron chi connectivity index (χ2n) is 7.92. The molecule has 0 saturated carbocycles. The van der Waals surface area contributed by atoms with Gasteiger partial charge in [0, 0.05) is 31.4 Å². The highest BCUT2D eigenvalue weighted by atomic mass is 32.2. The fraction of sp³-hybridized carbons (Fsp3) is 0.350. The third kappa shape index (κ3) is 3.55. The van der Waals surface area contributed by atoms with Crippen molar-refractivity contribution in [2.24, 2.45) is 7.05 Å². The number of para-hydroxylation sites is 1. The minimum atomic E-state index is -3.55. The topological polar surface area (TPSA) is 136 Å². The Balaban J connectivity index is 1.75. The Hall–Kier alpha value is -3.54. The number of hydrogen-bond donors (Lipinski definition) is 2. The molecule has 1 atom stereocenters. The van der Waals surface area contributed by atoms with Gasteiger partial charge in [0.05, 0.1) is 22.2 Å². The molecule has 32 heavy (non-hydrogen) atoms. The first-order valence-electron chi connectivity index (χ1n) is 10.2. The lowest BCUT2D eigenvalue weighted by atomic mass is 10.1. The highest BCUT2D eigenvalue weighted by molar-refractivity contribution is 7.91. The Kier molecular flexibility index (Phi) is 4.81. The van der Waals surface area contributed by atoms with Gasteiger partial charge in [0.1, 0.15) is 6.04 Å². The molecular formula is C20H22N8O3S. The van der Waals surface area contributed by atoms with Crippen LogP contribution in [-0.2, 0) is 21.7 Å². The summed E-state index contributed by atoms with van der Waals surface area (Å²) in [5.41, 5.74) is 1.43. The lowest BCUT2D eigenvalue weighted by Crippen LogP contribution is -2.38. The maximum Gasteiger partial charge on any atom is 0.242 e. The van der Waals surface area contributed by atoms with Crippen molar-refractivity contribution in [2.45, 2.75) is 30.2 Å². The number of aromatic nitrogens is 6. The average Bonchev–Trinajstić information content (AvgIpc) is 3.33. The fourth-order valence-corrected chi connectivity index (χ4v) is 4.72. The van der Waals surface area contributed by atoms with Gasteiger partial charge in [0.25, 0.3) is 0 Å². The first-order valence-corrected chi connectivity index (χ1v) is 12.1. The van der Waals surface area contributed by atoms with Gasteiger partial charge in [-0.25, -0.2) is 18.4 Å². The summed E-state index contributed by atoms with van der Waals surface area (Å²) in [5.74, 6) is 0.556. The predicted octanol–water partition coefficient (Wildman–Crippen LogP) is 1.16. The van der Waals surface area contributed by atoms with Crippen molar-refractivity contribution in [3.05, 3.63) is 30.6 Å². The molecule has 11 nitrogen and oxygen atoms in total. The molecule has 4 heterocycles. The summed E-state index contributed by atoms with van der Waals surface area (Å²) in [7, 11) is -1.75. The molecule has 0 bridgehead atoms. The van der Waals surface area contributed by atoms with Gasteiger partial charge in [-0.3, -0.25) is 9.48 Å². The van der Waals surface area contributed by atoms with E-state index in [0.29, 0.717) is 35.4 Å².